The van der Waals surface area contributed by atoms with Gasteiger partial charge < -0.3 is 25.6 Å². The zero-order valence-corrected chi connectivity index (χ0v) is 23.0. The fraction of sp³-hybridized carbons (Fsp3) is 0.516. The molecule has 3 atom stereocenters. The predicted octanol–water partition coefficient (Wildman–Crippen LogP) is 4.28. The number of epoxide rings is 1. The van der Waals surface area contributed by atoms with Crippen molar-refractivity contribution in [3.8, 4) is 0 Å². The molecule has 1 aliphatic carbocycles. The molecule has 3 aliphatic rings. The number of nitrogens with two attached hydrogens (primary N) is 1. The van der Waals surface area contributed by atoms with E-state index in [9.17, 15) is 19.5 Å². The Morgan fingerprint density at radius 2 is 1.90 bits per heavy atom. The van der Waals surface area contributed by atoms with Crippen molar-refractivity contribution in [3.63, 3.8) is 0 Å². The number of carbonyl (C=O) groups is 3. The van der Waals surface area contributed by atoms with E-state index in [4.69, 9.17) is 15.2 Å². The zero-order chi connectivity index (χ0) is 28.0. The number of carbonyl (C=O) groups excluding carboxylic acids is 3. The maximum absolute atomic E-state index is 13.8. The minimum atomic E-state index is -1.98. The minimum absolute atomic E-state index is 0.0158. The standard InChI is InChI=1S/C31H40N2O6/c1-3-4-5-9-23(10-8-19-34)38-29(37)31-28(36)25-12-7-6-11-24(25)27(35)30(31,39-31)17-15-21(2)13-14-22-16-18-33-26(32)20-22/h6-7,11-12,15-16,20,23,33-34H,3-5,8-10,13-14,17-19,32H2,1-2H3. The number of benzene rings is 1. The van der Waals surface area contributed by atoms with E-state index in [0.29, 0.717) is 31.6 Å². The lowest BCUT2D eigenvalue weighted by atomic mass is 9.72. The summed E-state index contributed by atoms with van der Waals surface area (Å²) in [7, 11) is 0. The molecule has 2 aliphatic heterocycles. The summed E-state index contributed by atoms with van der Waals surface area (Å²) >= 11 is 0. The van der Waals surface area contributed by atoms with Crippen LogP contribution in [-0.4, -0.2) is 53.1 Å². The fourth-order valence-corrected chi connectivity index (χ4v) is 5.52. The molecule has 210 valence electrons. The summed E-state index contributed by atoms with van der Waals surface area (Å²) in [4.78, 5) is 41.2. The quantitative estimate of drug-likeness (QED) is 0.106. The molecule has 1 saturated heterocycles. The number of dihydropyridines is 1. The lowest BCUT2D eigenvalue weighted by molar-refractivity contribution is -0.154. The van der Waals surface area contributed by atoms with E-state index in [0.717, 1.165) is 43.3 Å². The molecule has 1 fully saturated rings. The van der Waals surface area contributed by atoms with Gasteiger partial charge in [0.25, 0.3) is 5.60 Å². The summed E-state index contributed by atoms with van der Waals surface area (Å²) in [6.07, 6.45) is 11.5. The van der Waals surface area contributed by atoms with E-state index >= 15 is 0 Å². The van der Waals surface area contributed by atoms with Crippen molar-refractivity contribution in [1.82, 2.24) is 5.32 Å². The number of rotatable bonds is 14. The van der Waals surface area contributed by atoms with Gasteiger partial charge in [-0.1, -0.05) is 61.8 Å². The zero-order valence-electron chi connectivity index (χ0n) is 23.0. The number of nitrogens with one attached hydrogen (secondary N) is 1. The van der Waals surface area contributed by atoms with E-state index < -0.39 is 29.1 Å². The van der Waals surface area contributed by atoms with Crippen molar-refractivity contribution in [2.45, 2.75) is 88.9 Å². The first kappa shape index (κ1) is 28.8. The monoisotopic (exact) mass is 536 g/mol. The van der Waals surface area contributed by atoms with Gasteiger partial charge >= 0.3 is 5.97 Å². The first-order valence-corrected chi connectivity index (χ1v) is 14.1. The molecule has 3 unspecified atom stereocenters. The van der Waals surface area contributed by atoms with Gasteiger partial charge in [0, 0.05) is 30.7 Å². The number of ketones is 2. The number of allylic oxidation sites excluding steroid dienone is 3. The Morgan fingerprint density at radius 1 is 1.18 bits per heavy atom. The molecule has 8 heteroatoms. The second-order valence-corrected chi connectivity index (χ2v) is 10.7. The Morgan fingerprint density at radius 3 is 2.59 bits per heavy atom. The van der Waals surface area contributed by atoms with Crippen LogP contribution < -0.4 is 11.1 Å². The first-order chi connectivity index (χ1) is 18.8. The number of aliphatic hydroxyl groups excluding tert-OH is 1. The van der Waals surface area contributed by atoms with Crippen LogP contribution in [0.15, 0.2) is 59.5 Å². The summed E-state index contributed by atoms with van der Waals surface area (Å²) in [5, 5.41) is 12.4. The third-order valence-corrected chi connectivity index (χ3v) is 7.89. The van der Waals surface area contributed by atoms with Gasteiger partial charge in [-0.2, -0.15) is 0 Å². The van der Waals surface area contributed by atoms with E-state index in [-0.39, 0.29) is 29.9 Å². The Balaban J connectivity index is 1.56. The largest absolute Gasteiger partial charge is 0.460 e. The normalized spacial score (nSPS) is 24.6. The highest BCUT2D eigenvalue weighted by atomic mass is 16.7. The highest BCUT2D eigenvalue weighted by Crippen LogP contribution is 2.58. The molecule has 0 aromatic heterocycles. The maximum Gasteiger partial charge on any atom is 0.350 e. The summed E-state index contributed by atoms with van der Waals surface area (Å²) in [6.45, 7) is 4.73. The number of fused-ring (bicyclic) bond motifs is 2. The highest BCUT2D eigenvalue weighted by Gasteiger charge is 2.85. The summed E-state index contributed by atoms with van der Waals surface area (Å²) < 4.78 is 11.9. The van der Waals surface area contributed by atoms with Gasteiger partial charge in [-0.25, -0.2) is 4.79 Å². The van der Waals surface area contributed by atoms with Crippen molar-refractivity contribution < 1.29 is 29.0 Å². The average Bonchev–Trinajstić information content (AvgIpc) is 3.65. The van der Waals surface area contributed by atoms with Gasteiger partial charge in [0.2, 0.25) is 5.78 Å². The van der Waals surface area contributed by atoms with Crippen LogP contribution in [0.4, 0.5) is 0 Å². The van der Waals surface area contributed by atoms with Crippen molar-refractivity contribution in [2.75, 3.05) is 13.2 Å². The smallest absolute Gasteiger partial charge is 0.350 e. The van der Waals surface area contributed by atoms with Crippen LogP contribution in [0.5, 0.6) is 0 Å². The molecular weight excluding hydrogens is 496 g/mol. The predicted molar refractivity (Wildman–Crippen MR) is 148 cm³/mol. The van der Waals surface area contributed by atoms with Gasteiger partial charge in [0.15, 0.2) is 11.4 Å². The van der Waals surface area contributed by atoms with Crippen LogP contribution in [0.2, 0.25) is 0 Å². The van der Waals surface area contributed by atoms with Crippen molar-refractivity contribution in [2.24, 2.45) is 5.73 Å². The number of esters is 1. The molecular formula is C31H40N2O6. The summed E-state index contributed by atoms with van der Waals surface area (Å²) in [5.74, 6) is -1.06. The molecule has 4 N–H and O–H groups in total. The van der Waals surface area contributed by atoms with Crippen LogP contribution in [0.25, 0.3) is 0 Å². The second-order valence-electron chi connectivity index (χ2n) is 10.7. The highest BCUT2D eigenvalue weighted by molar-refractivity contribution is 6.32. The number of ether oxygens (including phenoxy) is 2. The molecule has 0 amide bonds. The lowest BCUT2D eigenvalue weighted by Gasteiger charge is -2.25. The molecule has 0 radical (unpaired) electrons. The van der Waals surface area contributed by atoms with E-state index in [1.807, 2.05) is 19.1 Å². The minimum Gasteiger partial charge on any atom is -0.460 e. The van der Waals surface area contributed by atoms with Crippen molar-refractivity contribution in [3.05, 3.63) is 70.6 Å². The van der Waals surface area contributed by atoms with Gasteiger partial charge in [0.1, 0.15) is 6.10 Å². The van der Waals surface area contributed by atoms with E-state index in [1.165, 1.54) is 0 Å². The Kier molecular flexibility index (Phi) is 9.08. The van der Waals surface area contributed by atoms with E-state index in [1.54, 1.807) is 24.3 Å². The van der Waals surface area contributed by atoms with Crippen molar-refractivity contribution in [1.29, 1.82) is 0 Å². The molecule has 39 heavy (non-hydrogen) atoms. The molecule has 0 saturated carbocycles. The molecule has 4 rings (SSSR count). The Bertz CT molecular complexity index is 1200. The number of hydrogen-bond acceptors (Lipinski definition) is 8. The summed E-state index contributed by atoms with van der Waals surface area (Å²) in [5.41, 5.74) is 4.89. The number of hydrogen-bond donors (Lipinski definition) is 3. The third-order valence-electron chi connectivity index (χ3n) is 7.89. The maximum atomic E-state index is 13.8. The fourth-order valence-electron chi connectivity index (χ4n) is 5.52. The van der Waals surface area contributed by atoms with Gasteiger partial charge in [-0.15, -0.1) is 0 Å². The van der Waals surface area contributed by atoms with Crippen LogP contribution >= 0.6 is 0 Å². The van der Waals surface area contributed by atoms with Crippen LogP contribution in [0, 0.1) is 0 Å². The van der Waals surface area contributed by atoms with Crippen molar-refractivity contribution >= 4 is 17.5 Å². The van der Waals surface area contributed by atoms with Crippen LogP contribution in [0.3, 0.4) is 0 Å². The molecule has 0 spiro atoms. The topological polar surface area (TPSA) is 131 Å². The van der Waals surface area contributed by atoms with Crippen LogP contribution in [-0.2, 0) is 14.3 Å². The SMILES string of the molecule is CCCCCC(CCCO)OC(=O)C12OC1(CC=C(C)CCC1=CCNC(N)=C1)C(=O)c1ccccc1C2=O. The second kappa shape index (κ2) is 12.3. The summed E-state index contributed by atoms with van der Waals surface area (Å²) in [6, 6.07) is 6.55. The van der Waals surface area contributed by atoms with Gasteiger partial charge in [0.05, 0.1) is 5.82 Å². The molecule has 2 heterocycles. The Hall–Kier alpha value is -3.23. The number of unbranched alkanes of at least 4 members (excludes halogenated alkanes) is 2. The number of aliphatic hydroxyl groups is 1. The lowest BCUT2D eigenvalue weighted by Crippen LogP contribution is -2.51. The average molecular weight is 537 g/mol. The van der Waals surface area contributed by atoms with Gasteiger partial charge in [-0.05, 0) is 57.1 Å². The molecule has 0 bridgehead atoms. The molecule has 8 nitrogen and oxygen atoms in total. The first-order valence-electron chi connectivity index (χ1n) is 14.1. The van der Waals surface area contributed by atoms with E-state index in [2.05, 4.69) is 18.3 Å². The number of Topliss-reactive ketones (excluding diaryl/α,β-unsaturated/α-hetero) is 2. The molecule has 1 aromatic carbocycles. The molecule has 1 aromatic rings. The third kappa shape index (κ3) is 5.72. The Labute approximate surface area is 230 Å². The van der Waals surface area contributed by atoms with Gasteiger partial charge in [-0.3, -0.25) is 9.59 Å². The van der Waals surface area contributed by atoms with Crippen LogP contribution in [0.1, 0.15) is 92.4 Å².